The molecule has 1 rings (SSSR count). The molecule has 0 aromatic heterocycles. The number of benzene rings is 1. The summed E-state index contributed by atoms with van der Waals surface area (Å²) in [5, 5.41) is 3.31. The van der Waals surface area contributed by atoms with Crippen LogP contribution in [0.25, 0.3) is 0 Å². The summed E-state index contributed by atoms with van der Waals surface area (Å²) in [6, 6.07) is 8.12. The monoisotopic (exact) mass is 246 g/mol. The lowest BCUT2D eigenvalue weighted by molar-refractivity contribution is 0.249. The van der Waals surface area contributed by atoms with Crippen molar-refractivity contribution >= 4 is 0 Å². The lowest BCUT2D eigenvalue weighted by atomic mass is 10.2. The van der Waals surface area contributed by atoms with Crippen LogP contribution in [-0.2, 0) is 6.54 Å². The maximum absolute atomic E-state index is 5.80. The van der Waals surface area contributed by atoms with E-state index in [0.29, 0.717) is 13.2 Å². The number of para-hydroxylation sites is 1. The van der Waals surface area contributed by atoms with Crippen molar-refractivity contribution in [2.75, 3.05) is 33.3 Å². The van der Waals surface area contributed by atoms with Gasteiger partial charge in [0.15, 0.2) is 0 Å². The molecule has 0 heterocycles. The average molecular weight is 246 g/mol. The van der Waals surface area contributed by atoms with Gasteiger partial charge in [-0.2, -0.15) is 0 Å². The third-order valence-electron chi connectivity index (χ3n) is 2.63. The SMILES string of the molecule is C#CCN(C)CCOc1ccccc1CNCC. The first-order valence-corrected chi connectivity index (χ1v) is 6.31. The Hall–Kier alpha value is -1.50. The molecule has 0 radical (unpaired) electrons. The van der Waals surface area contributed by atoms with E-state index in [-0.39, 0.29) is 0 Å². The van der Waals surface area contributed by atoms with Gasteiger partial charge in [0.2, 0.25) is 0 Å². The second kappa shape index (κ2) is 8.57. The van der Waals surface area contributed by atoms with Crippen LogP contribution >= 0.6 is 0 Å². The molecule has 18 heavy (non-hydrogen) atoms. The quantitative estimate of drug-likeness (QED) is 0.707. The third kappa shape index (κ3) is 5.22. The highest BCUT2D eigenvalue weighted by Gasteiger charge is 2.02. The Kier molecular flexibility index (Phi) is 6.93. The Morgan fingerprint density at radius 3 is 2.89 bits per heavy atom. The summed E-state index contributed by atoms with van der Waals surface area (Å²) in [6.45, 7) is 6.04. The number of hydrogen-bond acceptors (Lipinski definition) is 3. The first-order valence-electron chi connectivity index (χ1n) is 6.31. The van der Waals surface area contributed by atoms with Crippen LogP contribution in [0.2, 0.25) is 0 Å². The molecule has 0 amide bonds. The van der Waals surface area contributed by atoms with Crippen LogP contribution in [-0.4, -0.2) is 38.2 Å². The van der Waals surface area contributed by atoms with E-state index in [1.807, 2.05) is 25.2 Å². The Bertz CT molecular complexity index is 384. The number of ether oxygens (including phenoxy) is 1. The molecule has 1 aromatic carbocycles. The number of hydrogen-bond donors (Lipinski definition) is 1. The first-order chi connectivity index (χ1) is 8.77. The maximum atomic E-state index is 5.80. The van der Waals surface area contributed by atoms with E-state index in [4.69, 9.17) is 11.2 Å². The molecule has 3 nitrogen and oxygen atoms in total. The van der Waals surface area contributed by atoms with Gasteiger partial charge in [0.1, 0.15) is 12.4 Å². The Balaban J connectivity index is 2.43. The van der Waals surface area contributed by atoms with Gasteiger partial charge in [-0.25, -0.2) is 0 Å². The number of nitrogens with zero attached hydrogens (tertiary/aromatic N) is 1. The minimum absolute atomic E-state index is 0.654. The molecule has 0 bridgehead atoms. The van der Waals surface area contributed by atoms with Crippen LogP contribution in [0.3, 0.4) is 0 Å². The number of nitrogens with one attached hydrogen (secondary N) is 1. The van der Waals surface area contributed by atoms with Crippen LogP contribution in [0.15, 0.2) is 24.3 Å². The van der Waals surface area contributed by atoms with Crippen LogP contribution in [0.4, 0.5) is 0 Å². The van der Waals surface area contributed by atoms with E-state index >= 15 is 0 Å². The Morgan fingerprint density at radius 2 is 2.17 bits per heavy atom. The molecule has 0 fully saturated rings. The van der Waals surface area contributed by atoms with Gasteiger partial charge in [0.05, 0.1) is 6.54 Å². The molecule has 0 saturated heterocycles. The fourth-order valence-corrected chi connectivity index (χ4v) is 1.60. The molecular weight excluding hydrogens is 224 g/mol. The molecule has 0 unspecified atom stereocenters. The van der Waals surface area contributed by atoms with Crippen molar-refractivity contribution < 1.29 is 4.74 Å². The van der Waals surface area contributed by atoms with Gasteiger partial charge in [0, 0.05) is 18.7 Å². The maximum Gasteiger partial charge on any atom is 0.123 e. The summed E-state index contributed by atoms with van der Waals surface area (Å²) < 4.78 is 5.80. The number of terminal acetylenes is 1. The summed E-state index contributed by atoms with van der Waals surface area (Å²) in [6.07, 6.45) is 5.25. The van der Waals surface area contributed by atoms with Crippen LogP contribution in [0.1, 0.15) is 12.5 Å². The third-order valence-corrected chi connectivity index (χ3v) is 2.63. The van der Waals surface area contributed by atoms with Crippen molar-refractivity contribution in [1.82, 2.24) is 10.2 Å². The van der Waals surface area contributed by atoms with Crippen LogP contribution in [0, 0.1) is 12.3 Å². The summed E-state index contributed by atoms with van der Waals surface area (Å²) in [5.74, 6) is 3.57. The van der Waals surface area contributed by atoms with Crippen molar-refractivity contribution in [1.29, 1.82) is 0 Å². The van der Waals surface area contributed by atoms with Crippen molar-refractivity contribution in [2.45, 2.75) is 13.5 Å². The standard InChI is InChI=1S/C15H22N2O/c1-4-10-17(3)11-12-18-15-9-7-6-8-14(15)13-16-5-2/h1,6-9,16H,5,10-13H2,2-3H3. The fraction of sp³-hybridized carbons (Fsp3) is 0.467. The van der Waals surface area contributed by atoms with Crippen molar-refractivity contribution in [3.05, 3.63) is 29.8 Å². The zero-order valence-corrected chi connectivity index (χ0v) is 11.3. The molecule has 0 atom stereocenters. The van der Waals surface area contributed by atoms with Gasteiger partial charge >= 0.3 is 0 Å². The van der Waals surface area contributed by atoms with Crippen molar-refractivity contribution in [3.8, 4) is 18.1 Å². The molecule has 98 valence electrons. The normalized spacial score (nSPS) is 10.3. The molecule has 1 aromatic rings. The van der Waals surface area contributed by atoms with Gasteiger partial charge in [0.25, 0.3) is 0 Å². The van der Waals surface area contributed by atoms with E-state index in [1.165, 1.54) is 5.56 Å². The lowest BCUT2D eigenvalue weighted by Gasteiger charge is -2.15. The molecule has 0 spiro atoms. The smallest absolute Gasteiger partial charge is 0.123 e. The zero-order valence-electron chi connectivity index (χ0n) is 11.3. The van der Waals surface area contributed by atoms with Crippen molar-refractivity contribution in [3.63, 3.8) is 0 Å². The Labute approximate surface area is 110 Å². The van der Waals surface area contributed by atoms with Gasteiger partial charge in [-0.1, -0.05) is 31.0 Å². The zero-order chi connectivity index (χ0) is 13.2. The summed E-state index contributed by atoms with van der Waals surface area (Å²) in [4.78, 5) is 2.06. The van der Waals surface area contributed by atoms with Gasteiger partial charge in [-0.05, 0) is 19.7 Å². The molecule has 0 aliphatic carbocycles. The first kappa shape index (κ1) is 14.6. The number of likely N-dealkylation sites (N-methyl/N-ethyl adjacent to an activating group) is 1. The van der Waals surface area contributed by atoms with E-state index in [0.717, 1.165) is 25.4 Å². The van der Waals surface area contributed by atoms with E-state index in [2.05, 4.69) is 29.1 Å². The molecular formula is C15H22N2O. The highest BCUT2D eigenvalue weighted by Crippen LogP contribution is 2.17. The second-order valence-corrected chi connectivity index (χ2v) is 4.18. The predicted molar refractivity (Wildman–Crippen MR) is 75.6 cm³/mol. The van der Waals surface area contributed by atoms with E-state index in [9.17, 15) is 0 Å². The van der Waals surface area contributed by atoms with Gasteiger partial charge in [-0.3, -0.25) is 4.90 Å². The lowest BCUT2D eigenvalue weighted by Crippen LogP contribution is -2.24. The highest BCUT2D eigenvalue weighted by atomic mass is 16.5. The summed E-state index contributed by atoms with van der Waals surface area (Å²) in [5.41, 5.74) is 1.19. The second-order valence-electron chi connectivity index (χ2n) is 4.18. The van der Waals surface area contributed by atoms with Crippen LogP contribution < -0.4 is 10.1 Å². The predicted octanol–water partition coefficient (Wildman–Crippen LogP) is 1.74. The fourth-order valence-electron chi connectivity index (χ4n) is 1.60. The van der Waals surface area contributed by atoms with E-state index in [1.54, 1.807) is 0 Å². The van der Waals surface area contributed by atoms with Crippen LogP contribution in [0.5, 0.6) is 5.75 Å². The molecule has 0 aliphatic rings. The molecule has 0 saturated carbocycles. The number of rotatable bonds is 8. The topological polar surface area (TPSA) is 24.5 Å². The largest absolute Gasteiger partial charge is 0.492 e. The average Bonchev–Trinajstić information content (AvgIpc) is 2.38. The minimum Gasteiger partial charge on any atom is -0.492 e. The van der Waals surface area contributed by atoms with Gasteiger partial charge in [-0.15, -0.1) is 6.42 Å². The Morgan fingerprint density at radius 1 is 1.39 bits per heavy atom. The summed E-state index contributed by atoms with van der Waals surface area (Å²) in [7, 11) is 1.99. The molecule has 3 heteroatoms. The summed E-state index contributed by atoms with van der Waals surface area (Å²) >= 11 is 0. The van der Waals surface area contributed by atoms with Gasteiger partial charge < -0.3 is 10.1 Å². The molecule has 0 aliphatic heterocycles. The highest BCUT2D eigenvalue weighted by molar-refractivity contribution is 5.33. The minimum atomic E-state index is 0.654. The van der Waals surface area contributed by atoms with Crippen molar-refractivity contribution in [2.24, 2.45) is 0 Å². The van der Waals surface area contributed by atoms with E-state index < -0.39 is 0 Å². The molecule has 1 N–H and O–H groups in total.